The lowest BCUT2D eigenvalue weighted by atomic mass is 10.1. The van der Waals surface area contributed by atoms with Crippen LogP contribution in [0.25, 0.3) is 11.3 Å². The normalized spacial score (nSPS) is 11.6. The van der Waals surface area contributed by atoms with Gasteiger partial charge in [0, 0.05) is 42.5 Å². The number of imidazole rings is 1. The molecule has 0 aliphatic carbocycles. The van der Waals surface area contributed by atoms with Gasteiger partial charge in [0.15, 0.2) is 4.80 Å². The standard InChI is InChI=1S/C23H23FN4O2S/c1-29-17-8-9-18(22(14-17)30-2)21-15-31-23(26-20-7-4-3-6-19(20)24)28(21)12-5-11-27-13-10-25-16-27/h3-4,6-10,13-16H,5,11-12H2,1-2H3. The van der Waals surface area contributed by atoms with Gasteiger partial charge in [0.1, 0.15) is 23.0 Å². The van der Waals surface area contributed by atoms with E-state index in [4.69, 9.17) is 9.47 Å². The second kappa shape index (κ2) is 9.61. The molecule has 0 spiro atoms. The van der Waals surface area contributed by atoms with Crippen LogP contribution < -0.4 is 14.3 Å². The highest BCUT2D eigenvalue weighted by molar-refractivity contribution is 7.07. The molecule has 8 heteroatoms. The first kappa shape index (κ1) is 20.9. The number of aryl methyl sites for hydroxylation is 1. The fraction of sp³-hybridized carbons (Fsp3) is 0.217. The lowest BCUT2D eigenvalue weighted by Gasteiger charge is -2.13. The fourth-order valence-corrected chi connectivity index (χ4v) is 4.28. The number of para-hydroxylation sites is 1. The molecule has 4 aromatic rings. The summed E-state index contributed by atoms with van der Waals surface area (Å²) in [6, 6.07) is 12.3. The molecule has 31 heavy (non-hydrogen) atoms. The molecule has 0 saturated carbocycles. The summed E-state index contributed by atoms with van der Waals surface area (Å²) in [5.41, 5.74) is 2.21. The number of benzene rings is 2. The van der Waals surface area contributed by atoms with Crippen molar-refractivity contribution in [3.63, 3.8) is 0 Å². The van der Waals surface area contributed by atoms with Gasteiger partial charge < -0.3 is 18.6 Å². The number of rotatable bonds is 8. The van der Waals surface area contributed by atoms with Crippen LogP contribution in [0, 0.1) is 5.82 Å². The summed E-state index contributed by atoms with van der Waals surface area (Å²) in [4.78, 5) is 9.43. The zero-order valence-electron chi connectivity index (χ0n) is 17.4. The molecule has 0 atom stereocenters. The Bertz CT molecular complexity index is 1210. The molecule has 6 nitrogen and oxygen atoms in total. The maximum Gasteiger partial charge on any atom is 0.190 e. The Morgan fingerprint density at radius 2 is 1.97 bits per heavy atom. The third kappa shape index (κ3) is 4.69. The molecule has 0 radical (unpaired) electrons. The molecule has 0 aliphatic rings. The average Bonchev–Trinajstić information content (AvgIpc) is 3.45. The van der Waals surface area contributed by atoms with Gasteiger partial charge in [0.2, 0.25) is 0 Å². The van der Waals surface area contributed by atoms with E-state index in [2.05, 4.69) is 14.5 Å². The van der Waals surface area contributed by atoms with Crippen molar-refractivity contribution in [2.45, 2.75) is 19.5 Å². The predicted octanol–water partition coefficient (Wildman–Crippen LogP) is 4.89. The van der Waals surface area contributed by atoms with Crippen LogP contribution in [0.1, 0.15) is 6.42 Å². The van der Waals surface area contributed by atoms with Gasteiger partial charge in [0.25, 0.3) is 0 Å². The highest BCUT2D eigenvalue weighted by Gasteiger charge is 2.14. The van der Waals surface area contributed by atoms with Crippen molar-refractivity contribution in [1.29, 1.82) is 0 Å². The smallest absolute Gasteiger partial charge is 0.190 e. The Morgan fingerprint density at radius 3 is 2.71 bits per heavy atom. The summed E-state index contributed by atoms with van der Waals surface area (Å²) in [6.07, 6.45) is 6.38. The highest BCUT2D eigenvalue weighted by Crippen LogP contribution is 2.34. The van der Waals surface area contributed by atoms with Crippen LogP contribution in [0.15, 0.2) is 71.6 Å². The van der Waals surface area contributed by atoms with Crippen LogP contribution in [0.3, 0.4) is 0 Å². The van der Waals surface area contributed by atoms with E-state index in [-0.39, 0.29) is 5.82 Å². The minimum atomic E-state index is -0.343. The van der Waals surface area contributed by atoms with Crippen molar-refractivity contribution < 1.29 is 13.9 Å². The Kier molecular flexibility index (Phi) is 6.47. The van der Waals surface area contributed by atoms with E-state index in [9.17, 15) is 4.39 Å². The molecular weight excluding hydrogens is 415 g/mol. The number of hydrogen-bond acceptors (Lipinski definition) is 5. The maximum absolute atomic E-state index is 14.2. The van der Waals surface area contributed by atoms with Crippen LogP contribution in [-0.2, 0) is 13.1 Å². The fourth-order valence-electron chi connectivity index (χ4n) is 3.34. The van der Waals surface area contributed by atoms with E-state index in [1.807, 2.05) is 34.3 Å². The van der Waals surface area contributed by atoms with Crippen LogP contribution in [-0.4, -0.2) is 28.3 Å². The molecule has 0 amide bonds. The number of halogens is 1. The topological polar surface area (TPSA) is 53.6 Å². The summed E-state index contributed by atoms with van der Waals surface area (Å²) in [7, 11) is 3.26. The van der Waals surface area contributed by atoms with Crippen LogP contribution >= 0.6 is 11.3 Å². The van der Waals surface area contributed by atoms with Crippen molar-refractivity contribution in [1.82, 2.24) is 14.1 Å². The molecular formula is C23H23FN4O2S. The first-order valence-electron chi connectivity index (χ1n) is 9.85. The lowest BCUT2D eigenvalue weighted by molar-refractivity contribution is 0.395. The van der Waals surface area contributed by atoms with Gasteiger partial charge in [-0.25, -0.2) is 14.4 Å². The molecule has 0 N–H and O–H groups in total. The Morgan fingerprint density at radius 1 is 1.10 bits per heavy atom. The van der Waals surface area contributed by atoms with Crippen molar-refractivity contribution in [2.75, 3.05) is 14.2 Å². The summed E-state index contributed by atoms with van der Waals surface area (Å²) in [6.45, 7) is 1.53. The van der Waals surface area contributed by atoms with E-state index in [0.717, 1.165) is 34.8 Å². The summed E-state index contributed by atoms with van der Waals surface area (Å²) >= 11 is 1.48. The molecule has 4 rings (SSSR count). The molecule has 2 heterocycles. The van der Waals surface area contributed by atoms with E-state index >= 15 is 0 Å². The summed E-state index contributed by atoms with van der Waals surface area (Å²) in [5, 5.41) is 2.03. The minimum absolute atomic E-state index is 0.320. The van der Waals surface area contributed by atoms with Gasteiger partial charge >= 0.3 is 0 Å². The molecule has 0 saturated heterocycles. The number of thiazole rings is 1. The minimum Gasteiger partial charge on any atom is -0.497 e. The van der Waals surface area contributed by atoms with Gasteiger partial charge in [-0.2, -0.15) is 0 Å². The number of nitrogens with zero attached hydrogens (tertiary/aromatic N) is 4. The second-order valence-electron chi connectivity index (χ2n) is 6.84. The molecule has 0 aliphatic heterocycles. The number of aromatic nitrogens is 3. The van der Waals surface area contributed by atoms with E-state index in [1.165, 1.54) is 17.4 Å². The molecule has 2 aromatic carbocycles. The van der Waals surface area contributed by atoms with Crippen molar-refractivity contribution in [3.05, 3.63) is 77.2 Å². The average molecular weight is 439 g/mol. The quantitative estimate of drug-likeness (QED) is 0.394. The maximum atomic E-state index is 14.2. The van der Waals surface area contributed by atoms with Gasteiger partial charge in [-0.05, 0) is 30.7 Å². The molecule has 0 bridgehead atoms. The van der Waals surface area contributed by atoms with E-state index in [0.29, 0.717) is 18.0 Å². The van der Waals surface area contributed by atoms with Crippen molar-refractivity contribution in [2.24, 2.45) is 4.99 Å². The van der Waals surface area contributed by atoms with Gasteiger partial charge in [-0.15, -0.1) is 11.3 Å². The van der Waals surface area contributed by atoms with Crippen LogP contribution in [0.4, 0.5) is 10.1 Å². The van der Waals surface area contributed by atoms with Gasteiger partial charge in [-0.3, -0.25) is 0 Å². The first-order chi connectivity index (χ1) is 15.2. The highest BCUT2D eigenvalue weighted by atomic mass is 32.1. The number of ether oxygens (including phenoxy) is 2. The number of hydrogen-bond donors (Lipinski definition) is 0. The van der Waals surface area contributed by atoms with E-state index < -0.39 is 0 Å². The van der Waals surface area contributed by atoms with Crippen LogP contribution in [0.2, 0.25) is 0 Å². The Hall–Kier alpha value is -3.39. The largest absolute Gasteiger partial charge is 0.497 e. The second-order valence-corrected chi connectivity index (χ2v) is 7.68. The van der Waals surface area contributed by atoms with Crippen molar-refractivity contribution in [3.8, 4) is 22.8 Å². The molecule has 0 fully saturated rings. The Balaban J connectivity index is 1.76. The van der Waals surface area contributed by atoms with E-state index in [1.54, 1.807) is 44.9 Å². The number of methoxy groups -OCH3 is 2. The third-order valence-corrected chi connectivity index (χ3v) is 5.77. The molecule has 160 valence electrons. The zero-order valence-corrected chi connectivity index (χ0v) is 18.2. The van der Waals surface area contributed by atoms with Crippen molar-refractivity contribution >= 4 is 17.0 Å². The van der Waals surface area contributed by atoms with Gasteiger partial charge in [0.05, 0.1) is 26.2 Å². The molecule has 0 unspecified atom stereocenters. The Labute approximate surface area is 183 Å². The first-order valence-corrected chi connectivity index (χ1v) is 10.7. The third-order valence-electron chi connectivity index (χ3n) is 4.91. The lowest BCUT2D eigenvalue weighted by Crippen LogP contribution is -2.17. The zero-order chi connectivity index (χ0) is 21.6. The summed E-state index contributed by atoms with van der Waals surface area (Å²) in [5.74, 6) is 1.08. The summed E-state index contributed by atoms with van der Waals surface area (Å²) < 4.78 is 29.3. The monoisotopic (exact) mass is 438 g/mol. The predicted molar refractivity (Wildman–Crippen MR) is 119 cm³/mol. The SMILES string of the molecule is COc1ccc(-c2csc(=Nc3ccccc3F)n2CCCn2ccnc2)c(OC)c1. The van der Waals surface area contributed by atoms with Gasteiger partial charge in [-0.1, -0.05) is 12.1 Å². The molecule has 2 aromatic heterocycles. The van der Waals surface area contributed by atoms with Crippen LogP contribution in [0.5, 0.6) is 11.5 Å².